The lowest BCUT2D eigenvalue weighted by Crippen LogP contribution is -2.34. The van der Waals surface area contributed by atoms with Crippen LogP contribution in [0.3, 0.4) is 0 Å². The Labute approximate surface area is 234 Å². The second kappa shape index (κ2) is 11.6. The van der Waals surface area contributed by atoms with E-state index >= 15 is 0 Å². The van der Waals surface area contributed by atoms with Crippen LogP contribution in [0.4, 0.5) is 13.2 Å². The van der Waals surface area contributed by atoms with Gasteiger partial charge in [-0.2, -0.15) is 13.2 Å². The first kappa shape index (κ1) is 27.5. The zero-order valence-corrected chi connectivity index (χ0v) is 23.2. The zero-order chi connectivity index (χ0) is 27.6. The van der Waals surface area contributed by atoms with E-state index in [1.165, 1.54) is 37.4 Å². The fourth-order valence-electron chi connectivity index (χ4n) is 4.40. The van der Waals surface area contributed by atoms with Crippen molar-refractivity contribution < 1.29 is 27.2 Å². The maximum atomic E-state index is 13.1. The number of hydrogen-bond acceptors (Lipinski definition) is 8. The number of alkyl halides is 3. The smallest absolute Gasteiger partial charge is 0.439 e. The van der Waals surface area contributed by atoms with Crippen LogP contribution in [-0.2, 0) is 10.9 Å². The molecular formula is C26H24BrF3N4O4S. The van der Waals surface area contributed by atoms with Gasteiger partial charge in [-0.05, 0) is 61.8 Å². The van der Waals surface area contributed by atoms with Gasteiger partial charge < -0.3 is 9.47 Å². The van der Waals surface area contributed by atoms with Gasteiger partial charge in [0, 0.05) is 11.0 Å². The molecule has 0 radical (unpaired) electrons. The highest BCUT2D eigenvalue weighted by Gasteiger charge is 2.33. The Morgan fingerprint density at radius 2 is 1.92 bits per heavy atom. The molecule has 2 aromatic carbocycles. The average Bonchev–Trinajstić information content (AvgIpc) is 3.54. The molecule has 13 heteroatoms. The number of rotatable bonds is 7. The number of thioether (sulfide) groups is 1. The fourth-order valence-corrected chi connectivity index (χ4v) is 5.93. The van der Waals surface area contributed by atoms with Crippen molar-refractivity contribution in [2.45, 2.75) is 30.8 Å². The van der Waals surface area contributed by atoms with Crippen LogP contribution in [0.25, 0.3) is 11.4 Å². The Bertz CT molecular complexity index is 1450. The summed E-state index contributed by atoms with van der Waals surface area (Å²) in [4.78, 5) is 21.9. The van der Waals surface area contributed by atoms with Gasteiger partial charge in [0.15, 0.2) is 5.82 Å². The maximum Gasteiger partial charge on any atom is 0.439 e. The monoisotopic (exact) mass is 624 g/mol. The number of aromatic amines is 1. The van der Waals surface area contributed by atoms with Gasteiger partial charge in [0.1, 0.15) is 16.0 Å². The summed E-state index contributed by atoms with van der Waals surface area (Å²) in [5.74, 6) is 0.00572. The first-order chi connectivity index (χ1) is 18.7. The first-order valence-corrected chi connectivity index (χ1v) is 13.8. The van der Waals surface area contributed by atoms with Gasteiger partial charge in [-0.1, -0.05) is 51.4 Å². The second-order valence-corrected chi connectivity index (χ2v) is 11.0. The van der Waals surface area contributed by atoms with Crippen molar-refractivity contribution in [1.82, 2.24) is 15.0 Å². The number of benzene rings is 2. The van der Waals surface area contributed by atoms with E-state index in [4.69, 9.17) is 14.5 Å². The zero-order valence-electron chi connectivity index (χ0n) is 20.8. The van der Waals surface area contributed by atoms with Crippen molar-refractivity contribution in [3.05, 3.63) is 79.5 Å². The van der Waals surface area contributed by atoms with Crippen LogP contribution in [0.5, 0.6) is 5.75 Å². The third-order valence-corrected chi connectivity index (χ3v) is 8.05. The van der Waals surface area contributed by atoms with E-state index in [-0.39, 0.29) is 11.8 Å². The number of hydrogen-bond donors (Lipinski definition) is 1. The Morgan fingerprint density at radius 3 is 2.56 bits per heavy atom. The minimum Gasteiger partial charge on any atom is -0.468 e. The Morgan fingerprint density at radius 1 is 1.18 bits per heavy atom. The number of halogens is 4. The molecule has 1 unspecified atom stereocenters. The van der Waals surface area contributed by atoms with Crippen molar-refractivity contribution in [2.75, 3.05) is 26.7 Å². The van der Waals surface area contributed by atoms with Crippen LogP contribution < -0.4 is 10.5 Å². The lowest BCUT2D eigenvalue weighted by molar-refractivity contribution is -0.137. The molecule has 0 spiro atoms. The number of nitrogens with one attached hydrogen (secondary N) is 1. The van der Waals surface area contributed by atoms with Gasteiger partial charge in [0.05, 0.1) is 23.9 Å². The molecule has 206 valence electrons. The summed E-state index contributed by atoms with van der Waals surface area (Å²) in [6.07, 6.45) is -1.05. The van der Waals surface area contributed by atoms with Crippen molar-refractivity contribution in [2.24, 2.45) is 4.99 Å². The average molecular weight is 625 g/mol. The molecule has 2 aliphatic rings. The van der Waals surface area contributed by atoms with E-state index < -0.39 is 22.9 Å². The number of aromatic nitrogens is 2. The van der Waals surface area contributed by atoms with Gasteiger partial charge >= 0.3 is 17.9 Å². The number of H-pyrrole nitrogens is 1. The van der Waals surface area contributed by atoms with E-state index in [0.29, 0.717) is 28.3 Å². The van der Waals surface area contributed by atoms with Crippen molar-refractivity contribution in [3.8, 4) is 17.1 Å². The van der Waals surface area contributed by atoms with Gasteiger partial charge in [0.25, 0.3) is 0 Å². The van der Waals surface area contributed by atoms with E-state index in [2.05, 4.69) is 35.5 Å². The SMILES string of the molecule is CO/C(Oc1ccc(Br)cc1-c1noc(=O)[nH]1)=C1/SC(c2ccc(C(F)(F)F)cc2)N=C1CN1CCCCC1. The second-order valence-electron chi connectivity index (χ2n) is 9.01. The predicted molar refractivity (Wildman–Crippen MR) is 144 cm³/mol. The Kier molecular flexibility index (Phi) is 8.19. The molecule has 8 nitrogen and oxygen atoms in total. The molecule has 5 rings (SSSR count). The molecule has 0 amide bonds. The van der Waals surface area contributed by atoms with Crippen molar-refractivity contribution in [1.29, 1.82) is 0 Å². The van der Waals surface area contributed by atoms with Crippen LogP contribution in [-0.4, -0.2) is 47.5 Å². The highest BCUT2D eigenvalue weighted by molar-refractivity contribution is 9.10. The van der Waals surface area contributed by atoms with E-state index in [1.54, 1.807) is 18.2 Å². The minimum absolute atomic E-state index is 0.180. The highest BCUT2D eigenvalue weighted by atomic mass is 79.9. The molecule has 3 aromatic rings. The van der Waals surface area contributed by atoms with Crippen molar-refractivity contribution >= 4 is 33.4 Å². The molecule has 0 bridgehead atoms. The largest absolute Gasteiger partial charge is 0.468 e. The summed E-state index contributed by atoms with van der Waals surface area (Å²) >= 11 is 4.77. The normalized spacial score (nSPS) is 19.6. The van der Waals surface area contributed by atoms with Gasteiger partial charge in [0.2, 0.25) is 0 Å². The van der Waals surface area contributed by atoms with Crippen LogP contribution in [0.1, 0.15) is 35.8 Å². The molecule has 3 heterocycles. The van der Waals surface area contributed by atoms with Crippen LogP contribution in [0.2, 0.25) is 0 Å². The summed E-state index contributed by atoms with van der Waals surface area (Å²) < 4.78 is 56.6. The molecule has 1 aromatic heterocycles. The molecule has 1 saturated heterocycles. The lowest BCUT2D eigenvalue weighted by Gasteiger charge is -2.26. The number of likely N-dealkylation sites (tertiary alicyclic amines) is 1. The minimum atomic E-state index is -4.41. The van der Waals surface area contributed by atoms with Crippen LogP contribution in [0, 0.1) is 0 Å². The van der Waals surface area contributed by atoms with Crippen molar-refractivity contribution in [3.63, 3.8) is 0 Å². The number of piperidine rings is 1. The van der Waals surface area contributed by atoms with E-state index in [0.717, 1.165) is 48.2 Å². The summed E-state index contributed by atoms with van der Waals surface area (Å²) in [6.45, 7) is 2.42. The lowest BCUT2D eigenvalue weighted by atomic mass is 10.1. The molecular weight excluding hydrogens is 601 g/mol. The summed E-state index contributed by atoms with van der Waals surface area (Å²) in [7, 11) is 1.48. The summed E-state index contributed by atoms with van der Waals surface area (Å²) in [5, 5.41) is 3.30. The van der Waals surface area contributed by atoms with Gasteiger partial charge in [-0.15, -0.1) is 0 Å². The van der Waals surface area contributed by atoms with Crippen LogP contribution in [0.15, 0.2) is 72.1 Å². The number of aliphatic imine (C=N–C) groups is 1. The quantitative estimate of drug-likeness (QED) is 0.305. The third-order valence-electron chi connectivity index (χ3n) is 6.32. The number of ether oxygens (including phenoxy) is 2. The maximum absolute atomic E-state index is 13.1. The van der Waals surface area contributed by atoms with Gasteiger partial charge in [-0.25, -0.2) is 4.79 Å². The van der Waals surface area contributed by atoms with Gasteiger partial charge in [-0.3, -0.25) is 19.4 Å². The summed E-state index contributed by atoms with van der Waals surface area (Å²) in [5.41, 5.74) is 1.12. The molecule has 1 fully saturated rings. The third kappa shape index (κ3) is 6.42. The standard InChI is InChI=1S/C26H24BrF3N4O4S/c1-36-24(37-20-10-9-17(27)13-18(20)22-32-25(35)38-33-22)21-19(14-34-11-3-2-4-12-34)31-23(39-21)15-5-7-16(8-6-15)26(28,29)30/h5-10,13,23H,2-4,11-12,14H2,1H3,(H,32,33,35)/b24-21-. The molecule has 0 saturated carbocycles. The summed E-state index contributed by atoms with van der Waals surface area (Å²) in [6, 6.07) is 10.2. The molecule has 39 heavy (non-hydrogen) atoms. The Balaban J connectivity index is 1.50. The predicted octanol–water partition coefficient (Wildman–Crippen LogP) is 6.38. The van der Waals surface area contributed by atoms with E-state index in [1.807, 2.05) is 0 Å². The number of nitrogens with zero attached hydrogens (tertiary/aromatic N) is 3. The van der Waals surface area contributed by atoms with E-state index in [9.17, 15) is 18.0 Å². The fraction of sp³-hybridized carbons (Fsp3) is 0.346. The topological polar surface area (TPSA) is 92.9 Å². The first-order valence-electron chi connectivity index (χ1n) is 12.2. The highest BCUT2D eigenvalue weighted by Crippen LogP contribution is 2.45. The molecule has 2 aliphatic heterocycles. The molecule has 1 atom stereocenters. The number of methoxy groups -OCH3 is 1. The molecule has 1 N–H and O–H groups in total. The molecule has 0 aliphatic carbocycles. The Hall–Kier alpha value is -3.03. The van der Waals surface area contributed by atoms with Crippen LogP contribution >= 0.6 is 27.7 Å².